The normalized spacial score (nSPS) is 15.3. The molecule has 20 heavy (non-hydrogen) atoms. The van der Waals surface area contributed by atoms with E-state index in [0.717, 1.165) is 5.69 Å². The molecule has 1 aliphatic rings. The van der Waals surface area contributed by atoms with Gasteiger partial charge in [-0.05, 0) is 6.07 Å². The first kappa shape index (κ1) is 12.7. The molecule has 0 atom stereocenters. The second kappa shape index (κ2) is 4.99. The summed E-state index contributed by atoms with van der Waals surface area (Å²) in [4.78, 5) is 24.7. The maximum atomic E-state index is 12.0. The van der Waals surface area contributed by atoms with Gasteiger partial charge in [0.15, 0.2) is 0 Å². The molecule has 1 amide bonds. The molecule has 1 saturated heterocycles. The number of rotatable bonds is 4. The number of aromatic amines is 1. The average molecular weight is 276 g/mol. The Morgan fingerprint density at radius 2 is 2.35 bits per heavy atom. The number of hydrogen-bond donors (Lipinski definition) is 1. The zero-order valence-corrected chi connectivity index (χ0v) is 11.2. The van der Waals surface area contributed by atoms with E-state index in [1.165, 1.54) is 6.07 Å². The van der Waals surface area contributed by atoms with Gasteiger partial charge in [0.1, 0.15) is 5.76 Å². The highest BCUT2D eigenvalue weighted by molar-refractivity contribution is 5.77. The van der Waals surface area contributed by atoms with E-state index in [9.17, 15) is 9.59 Å². The van der Waals surface area contributed by atoms with Crippen LogP contribution in [0.5, 0.6) is 0 Å². The zero-order chi connectivity index (χ0) is 14.1. The van der Waals surface area contributed by atoms with Crippen molar-refractivity contribution in [1.29, 1.82) is 0 Å². The maximum absolute atomic E-state index is 12.0. The topological polar surface area (TPSA) is 84.1 Å². The van der Waals surface area contributed by atoms with E-state index in [4.69, 9.17) is 4.52 Å². The van der Waals surface area contributed by atoms with Crippen molar-refractivity contribution in [2.75, 3.05) is 13.1 Å². The van der Waals surface area contributed by atoms with E-state index in [2.05, 4.69) is 10.3 Å². The van der Waals surface area contributed by atoms with Gasteiger partial charge in [-0.1, -0.05) is 0 Å². The lowest BCUT2D eigenvalue weighted by molar-refractivity contribution is -0.135. The van der Waals surface area contributed by atoms with Gasteiger partial charge in [0.25, 0.3) is 5.56 Å². The Bertz CT molecular complexity index is 663. The highest BCUT2D eigenvalue weighted by Crippen LogP contribution is 2.26. The van der Waals surface area contributed by atoms with Crippen molar-refractivity contribution >= 4 is 5.91 Å². The fourth-order valence-corrected chi connectivity index (χ4v) is 2.35. The van der Waals surface area contributed by atoms with Crippen LogP contribution in [-0.2, 0) is 18.3 Å². The summed E-state index contributed by atoms with van der Waals surface area (Å²) in [7, 11) is 1.86. The summed E-state index contributed by atoms with van der Waals surface area (Å²) in [5.74, 6) is 0.876. The van der Waals surface area contributed by atoms with E-state index < -0.39 is 0 Å². The van der Waals surface area contributed by atoms with Crippen molar-refractivity contribution in [3.63, 3.8) is 0 Å². The Hall–Kier alpha value is -2.31. The standard InChI is InChI=1S/C13H16N4O3/c1-16-5-4-10(14-16)2-3-13(19)17-7-9(8-17)11-6-12(18)15-20-11/h4-6,9H,2-3,7-8H2,1H3,(H,15,18). The number of hydrogen-bond acceptors (Lipinski definition) is 4. The van der Waals surface area contributed by atoms with Crippen LogP contribution in [0.15, 0.2) is 27.6 Å². The molecule has 0 spiro atoms. The molecule has 1 fully saturated rings. The van der Waals surface area contributed by atoms with E-state index >= 15 is 0 Å². The van der Waals surface area contributed by atoms with Crippen LogP contribution in [0.25, 0.3) is 0 Å². The largest absolute Gasteiger partial charge is 0.383 e. The minimum Gasteiger partial charge on any atom is -0.383 e. The molecule has 1 N–H and O–H groups in total. The molecule has 106 valence electrons. The highest BCUT2D eigenvalue weighted by atomic mass is 16.5. The Morgan fingerprint density at radius 3 is 2.95 bits per heavy atom. The second-order valence-electron chi connectivity index (χ2n) is 5.09. The predicted molar refractivity (Wildman–Crippen MR) is 70.2 cm³/mol. The number of nitrogens with one attached hydrogen (secondary N) is 1. The van der Waals surface area contributed by atoms with E-state index in [0.29, 0.717) is 31.7 Å². The third-order valence-corrected chi connectivity index (χ3v) is 3.54. The van der Waals surface area contributed by atoms with Gasteiger partial charge in [-0.2, -0.15) is 10.3 Å². The quantitative estimate of drug-likeness (QED) is 0.868. The number of likely N-dealkylation sites (tertiary alicyclic amines) is 1. The fourth-order valence-electron chi connectivity index (χ4n) is 2.35. The first-order valence-corrected chi connectivity index (χ1v) is 6.56. The van der Waals surface area contributed by atoms with Gasteiger partial charge in [-0.3, -0.25) is 14.3 Å². The number of amides is 1. The number of carbonyl (C=O) groups excluding carboxylic acids is 1. The number of aryl methyl sites for hydroxylation is 2. The minimum atomic E-state index is -0.236. The maximum Gasteiger partial charge on any atom is 0.280 e. The van der Waals surface area contributed by atoms with Crippen LogP contribution in [0, 0.1) is 0 Å². The fraction of sp³-hybridized carbons (Fsp3) is 0.462. The van der Waals surface area contributed by atoms with Gasteiger partial charge in [-0.25, -0.2) is 0 Å². The molecule has 0 radical (unpaired) electrons. The van der Waals surface area contributed by atoms with Gasteiger partial charge in [0.2, 0.25) is 5.91 Å². The molecule has 7 heteroatoms. The summed E-state index contributed by atoms with van der Waals surface area (Å²) in [6.45, 7) is 1.23. The lowest BCUT2D eigenvalue weighted by atomic mass is 9.96. The summed E-state index contributed by atoms with van der Waals surface area (Å²) in [6.07, 6.45) is 2.98. The third kappa shape index (κ3) is 2.52. The van der Waals surface area contributed by atoms with E-state index in [1.807, 2.05) is 19.3 Å². The molecule has 0 saturated carbocycles. The molecule has 2 aromatic rings. The predicted octanol–water partition coefficient (Wildman–Crippen LogP) is 0.260. The van der Waals surface area contributed by atoms with Crippen molar-refractivity contribution in [2.24, 2.45) is 7.05 Å². The molecule has 0 aliphatic carbocycles. The van der Waals surface area contributed by atoms with Gasteiger partial charge in [-0.15, -0.1) is 0 Å². The number of H-pyrrole nitrogens is 1. The van der Waals surface area contributed by atoms with Crippen LogP contribution in [0.4, 0.5) is 0 Å². The van der Waals surface area contributed by atoms with E-state index in [-0.39, 0.29) is 17.4 Å². The average Bonchev–Trinajstić information content (AvgIpc) is 2.94. The minimum absolute atomic E-state index is 0.116. The molecule has 3 heterocycles. The van der Waals surface area contributed by atoms with Crippen molar-refractivity contribution in [2.45, 2.75) is 18.8 Å². The molecule has 0 unspecified atom stereocenters. The van der Waals surface area contributed by atoms with Crippen molar-refractivity contribution in [1.82, 2.24) is 19.8 Å². The van der Waals surface area contributed by atoms with Gasteiger partial charge >= 0.3 is 0 Å². The molecule has 3 rings (SSSR count). The van der Waals surface area contributed by atoms with Crippen LogP contribution in [0.3, 0.4) is 0 Å². The molecule has 1 aliphatic heterocycles. The molecular weight excluding hydrogens is 260 g/mol. The van der Waals surface area contributed by atoms with Crippen LogP contribution >= 0.6 is 0 Å². The summed E-state index contributed by atoms with van der Waals surface area (Å²) in [5.41, 5.74) is 0.689. The molecule has 2 aromatic heterocycles. The van der Waals surface area contributed by atoms with Crippen molar-refractivity contribution < 1.29 is 9.32 Å². The summed E-state index contributed by atoms with van der Waals surface area (Å²) < 4.78 is 6.77. The lowest BCUT2D eigenvalue weighted by Gasteiger charge is -2.37. The molecule has 7 nitrogen and oxygen atoms in total. The summed E-state index contributed by atoms with van der Waals surface area (Å²) in [6, 6.07) is 3.36. The second-order valence-corrected chi connectivity index (χ2v) is 5.09. The first-order chi connectivity index (χ1) is 9.61. The van der Waals surface area contributed by atoms with Crippen LogP contribution in [-0.4, -0.2) is 38.8 Å². The third-order valence-electron chi connectivity index (χ3n) is 3.54. The van der Waals surface area contributed by atoms with E-state index in [1.54, 1.807) is 9.58 Å². The monoisotopic (exact) mass is 276 g/mol. The number of aromatic nitrogens is 3. The first-order valence-electron chi connectivity index (χ1n) is 6.56. The van der Waals surface area contributed by atoms with Crippen molar-refractivity contribution in [3.8, 4) is 0 Å². The zero-order valence-electron chi connectivity index (χ0n) is 11.2. The van der Waals surface area contributed by atoms with Gasteiger partial charge in [0.05, 0.1) is 11.6 Å². The van der Waals surface area contributed by atoms with Crippen LogP contribution in [0.1, 0.15) is 23.8 Å². The Morgan fingerprint density at radius 1 is 1.55 bits per heavy atom. The lowest BCUT2D eigenvalue weighted by Crippen LogP contribution is -2.48. The van der Waals surface area contributed by atoms with Crippen LogP contribution < -0.4 is 5.56 Å². The smallest absolute Gasteiger partial charge is 0.280 e. The Balaban J connectivity index is 1.47. The molecule has 0 aromatic carbocycles. The SMILES string of the molecule is Cn1ccc(CCC(=O)N2CC(c3cc(=O)[nH]o3)C2)n1. The Kier molecular flexibility index (Phi) is 3.17. The van der Waals surface area contributed by atoms with Crippen LogP contribution in [0.2, 0.25) is 0 Å². The molecular formula is C13H16N4O3. The van der Waals surface area contributed by atoms with Gasteiger partial charge < -0.3 is 9.42 Å². The van der Waals surface area contributed by atoms with Crippen molar-refractivity contribution in [3.05, 3.63) is 40.1 Å². The highest BCUT2D eigenvalue weighted by Gasteiger charge is 2.33. The summed E-state index contributed by atoms with van der Waals surface area (Å²) in [5, 5.41) is 6.51. The van der Waals surface area contributed by atoms with Gasteiger partial charge in [0, 0.05) is 45.2 Å². The molecule has 0 bridgehead atoms. The number of nitrogens with zero attached hydrogens (tertiary/aromatic N) is 3. The number of carbonyl (C=O) groups is 1. The summed E-state index contributed by atoms with van der Waals surface area (Å²) >= 11 is 0. The Labute approximate surface area is 115 Å².